The number of amides is 2. The van der Waals surface area contributed by atoms with Crippen molar-refractivity contribution in [1.82, 2.24) is 5.32 Å². The molecule has 2 aromatic carbocycles. The van der Waals surface area contributed by atoms with Crippen LogP contribution in [0.5, 0.6) is 0 Å². The minimum absolute atomic E-state index is 0.222. The summed E-state index contributed by atoms with van der Waals surface area (Å²) in [6.45, 7) is 2.62. The van der Waals surface area contributed by atoms with E-state index < -0.39 is 0 Å². The van der Waals surface area contributed by atoms with E-state index in [4.69, 9.17) is 11.6 Å². The maximum atomic E-state index is 11.9. The Morgan fingerprint density at radius 1 is 1.14 bits per heavy atom. The standard InChI is InChI=1S/C17H19ClN2OS/c1-12(22-2)14-5-9-16(10-6-14)20-17(21)19-11-13-3-7-15(18)8-4-13/h3-10,12H,11H2,1-2H3,(H2,19,20,21)/t12-/m0/s1. The van der Waals surface area contributed by atoms with Gasteiger partial charge in [0, 0.05) is 22.5 Å². The van der Waals surface area contributed by atoms with Crippen molar-refractivity contribution in [3.05, 3.63) is 64.7 Å². The highest BCUT2D eigenvalue weighted by Crippen LogP contribution is 2.26. The van der Waals surface area contributed by atoms with E-state index in [2.05, 4.69) is 23.8 Å². The number of carbonyl (C=O) groups is 1. The molecule has 0 heterocycles. The molecule has 22 heavy (non-hydrogen) atoms. The van der Waals surface area contributed by atoms with Crippen LogP contribution >= 0.6 is 23.4 Å². The largest absolute Gasteiger partial charge is 0.334 e. The fraction of sp³-hybridized carbons (Fsp3) is 0.235. The zero-order valence-electron chi connectivity index (χ0n) is 12.6. The first-order valence-electron chi connectivity index (χ1n) is 7.00. The van der Waals surface area contributed by atoms with E-state index in [1.807, 2.05) is 48.5 Å². The number of rotatable bonds is 5. The minimum atomic E-state index is -0.222. The van der Waals surface area contributed by atoms with E-state index in [0.29, 0.717) is 16.8 Å². The lowest BCUT2D eigenvalue weighted by Crippen LogP contribution is -2.28. The number of benzene rings is 2. The first kappa shape index (κ1) is 16.7. The molecule has 2 N–H and O–H groups in total. The monoisotopic (exact) mass is 334 g/mol. The maximum absolute atomic E-state index is 11.9. The maximum Gasteiger partial charge on any atom is 0.319 e. The lowest BCUT2D eigenvalue weighted by Gasteiger charge is -2.11. The predicted octanol–water partition coefficient (Wildman–Crippen LogP) is 5.09. The summed E-state index contributed by atoms with van der Waals surface area (Å²) in [6, 6.07) is 15.1. The molecule has 2 aromatic rings. The van der Waals surface area contributed by atoms with Gasteiger partial charge in [-0.25, -0.2) is 4.79 Å². The molecule has 116 valence electrons. The average Bonchev–Trinajstić information content (AvgIpc) is 2.54. The molecule has 0 unspecified atom stereocenters. The highest BCUT2D eigenvalue weighted by Gasteiger charge is 2.05. The van der Waals surface area contributed by atoms with Crippen molar-refractivity contribution in [3.63, 3.8) is 0 Å². The van der Waals surface area contributed by atoms with Crippen molar-refractivity contribution < 1.29 is 4.79 Å². The third kappa shape index (κ3) is 4.97. The molecule has 2 rings (SSSR count). The van der Waals surface area contributed by atoms with Crippen LogP contribution in [0.25, 0.3) is 0 Å². The van der Waals surface area contributed by atoms with Crippen LogP contribution in [0.2, 0.25) is 5.02 Å². The lowest BCUT2D eigenvalue weighted by molar-refractivity contribution is 0.251. The van der Waals surface area contributed by atoms with Crippen LogP contribution in [-0.2, 0) is 6.54 Å². The lowest BCUT2D eigenvalue weighted by atomic mass is 10.1. The fourth-order valence-electron chi connectivity index (χ4n) is 1.93. The molecule has 5 heteroatoms. The number of urea groups is 1. The van der Waals surface area contributed by atoms with Gasteiger partial charge in [-0.2, -0.15) is 11.8 Å². The normalized spacial score (nSPS) is 11.8. The summed E-state index contributed by atoms with van der Waals surface area (Å²) in [5.74, 6) is 0. The highest BCUT2D eigenvalue weighted by molar-refractivity contribution is 7.98. The van der Waals surface area contributed by atoms with Crippen LogP contribution in [-0.4, -0.2) is 12.3 Å². The number of hydrogen-bond acceptors (Lipinski definition) is 2. The number of hydrogen-bond donors (Lipinski definition) is 2. The van der Waals surface area contributed by atoms with Gasteiger partial charge in [-0.05, 0) is 48.6 Å². The Morgan fingerprint density at radius 3 is 2.36 bits per heavy atom. The second kappa shape index (κ2) is 8.11. The molecule has 3 nitrogen and oxygen atoms in total. The summed E-state index contributed by atoms with van der Waals surface area (Å²) in [4.78, 5) is 11.9. The van der Waals surface area contributed by atoms with Crippen LogP contribution in [0.4, 0.5) is 10.5 Å². The molecule has 0 aliphatic heterocycles. The molecule has 0 fully saturated rings. The summed E-state index contributed by atoms with van der Waals surface area (Å²) < 4.78 is 0. The Hall–Kier alpha value is -1.65. The molecule has 0 bridgehead atoms. The van der Waals surface area contributed by atoms with Gasteiger partial charge in [0.15, 0.2) is 0 Å². The van der Waals surface area contributed by atoms with Gasteiger partial charge in [0.2, 0.25) is 0 Å². The molecular formula is C17H19ClN2OS. The number of thioether (sulfide) groups is 1. The zero-order valence-corrected chi connectivity index (χ0v) is 14.2. The first-order valence-corrected chi connectivity index (χ1v) is 8.67. The van der Waals surface area contributed by atoms with E-state index >= 15 is 0 Å². The molecule has 0 aromatic heterocycles. The van der Waals surface area contributed by atoms with Crippen LogP contribution in [0.15, 0.2) is 48.5 Å². The van der Waals surface area contributed by atoms with Crippen molar-refractivity contribution in [2.24, 2.45) is 0 Å². The van der Waals surface area contributed by atoms with Gasteiger partial charge in [0.25, 0.3) is 0 Å². The molecule has 0 aliphatic carbocycles. The Bertz CT molecular complexity index is 614. The Kier molecular flexibility index (Phi) is 6.16. The molecule has 0 aliphatic rings. The SMILES string of the molecule is CS[C@@H](C)c1ccc(NC(=O)NCc2ccc(Cl)cc2)cc1. The fourth-order valence-corrected chi connectivity index (χ4v) is 2.49. The van der Waals surface area contributed by atoms with Gasteiger partial charge in [-0.3, -0.25) is 0 Å². The summed E-state index contributed by atoms with van der Waals surface area (Å²) >= 11 is 7.62. The summed E-state index contributed by atoms with van der Waals surface area (Å²) in [5, 5.41) is 6.78. The van der Waals surface area contributed by atoms with Crippen molar-refractivity contribution in [3.8, 4) is 0 Å². The van der Waals surface area contributed by atoms with E-state index in [-0.39, 0.29) is 6.03 Å². The minimum Gasteiger partial charge on any atom is -0.334 e. The van der Waals surface area contributed by atoms with Gasteiger partial charge >= 0.3 is 6.03 Å². The average molecular weight is 335 g/mol. The predicted molar refractivity (Wildman–Crippen MR) is 95.7 cm³/mol. The number of anilines is 1. The second-order valence-electron chi connectivity index (χ2n) is 4.93. The number of carbonyl (C=O) groups excluding carboxylic acids is 1. The van der Waals surface area contributed by atoms with Gasteiger partial charge in [0.1, 0.15) is 0 Å². The summed E-state index contributed by atoms with van der Waals surface area (Å²) in [7, 11) is 0. The van der Waals surface area contributed by atoms with Gasteiger partial charge < -0.3 is 10.6 Å². The van der Waals surface area contributed by atoms with E-state index in [0.717, 1.165) is 11.3 Å². The van der Waals surface area contributed by atoms with Crippen LogP contribution in [0.1, 0.15) is 23.3 Å². The topological polar surface area (TPSA) is 41.1 Å². The van der Waals surface area contributed by atoms with Crippen molar-refractivity contribution in [1.29, 1.82) is 0 Å². The Labute approximate surface area is 140 Å². The third-order valence-corrected chi connectivity index (χ3v) is 4.59. The second-order valence-corrected chi connectivity index (χ2v) is 6.55. The number of nitrogens with one attached hydrogen (secondary N) is 2. The quantitative estimate of drug-likeness (QED) is 0.800. The highest BCUT2D eigenvalue weighted by atomic mass is 35.5. The Balaban J connectivity index is 1.85. The van der Waals surface area contributed by atoms with Gasteiger partial charge in [-0.1, -0.05) is 35.9 Å². The summed E-state index contributed by atoms with van der Waals surface area (Å²) in [5.41, 5.74) is 3.04. The molecule has 2 amide bonds. The Morgan fingerprint density at radius 2 is 1.77 bits per heavy atom. The molecule has 0 saturated heterocycles. The van der Waals surface area contributed by atoms with E-state index in [9.17, 15) is 4.79 Å². The summed E-state index contributed by atoms with van der Waals surface area (Å²) in [6.07, 6.45) is 2.08. The van der Waals surface area contributed by atoms with Gasteiger partial charge in [-0.15, -0.1) is 0 Å². The molecule has 1 atom stereocenters. The smallest absolute Gasteiger partial charge is 0.319 e. The van der Waals surface area contributed by atoms with Crippen molar-refractivity contribution in [2.45, 2.75) is 18.7 Å². The molecular weight excluding hydrogens is 316 g/mol. The van der Waals surface area contributed by atoms with Crippen molar-refractivity contribution >= 4 is 35.1 Å². The first-order chi connectivity index (χ1) is 10.6. The van der Waals surface area contributed by atoms with E-state index in [1.54, 1.807) is 11.8 Å². The van der Waals surface area contributed by atoms with Crippen molar-refractivity contribution in [2.75, 3.05) is 11.6 Å². The molecule has 0 spiro atoms. The van der Waals surface area contributed by atoms with Gasteiger partial charge in [0.05, 0.1) is 0 Å². The van der Waals surface area contributed by atoms with Crippen LogP contribution in [0.3, 0.4) is 0 Å². The van der Waals surface area contributed by atoms with E-state index in [1.165, 1.54) is 5.56 Å². The zero-order chi connectivity index (χ0) is 15.9. The van der Waals surface area contributed by atoms with Crippen LogP contribution in [0, 0.1) is 0 Å². The third-order valence-electron chi connectivity index (χ3n) is 3.36. The number of halogens is 1. The molecule has 0 saturated carbocycles. The molecule has 0 radical (unpaired) electrons. The van der Waals surface area contributed by atoms with Crippen LogP contribution < -0.4 is 10.6 Å².